The molecule has 0 aliphatic carbocycles. The van der Waals surface area contributed by atoms with Crippen molar-refractivity contribution in [2.45, 2.75) is 18.4 Å². The van der Waals surface area contributed by atoms with E-state index in [4.69, 9.17) is 22.1 Å². The fraction of sp³-hybridized carbons (Fsp3) is 0.316. The Labute approximate surface area is 172 Å². The summed E-state index contributed by atoms with van der Waals surface area (Å²) in [4.78, 5) is 31.6. The van der Waals surface area contributed by atoms with Crippen LogP contribution in [0.25, 0.3) is 11.0 Å². The van der Waals surface area contributed by atoms with Gasteiger partial charge in [0.2, 0.25) is 5.95 Å². The number of ether oxygens (including phenoxy) is 1. The van der Waals surface area contributed by atoms with Gasteiger partial charge in [0.25, 0.3) is 0 Å². The lowest BCUT2D eigenvalue weighted by Crippen LogP contribution is -2.56. The van der Waals surface area contributed by atoms with Crippen molar-refractivity contribution in [2.24, 2.45) is 5.73 Å². The highest BCUT2D eigenvalue weighted by atomic mass is 35.5. The Kier molecular flexibility index (Phi) is 5.16. The molecule has 1 aliphatic rings. The van der Waals surface area contributed by atoms with Gasteiger partial charge in [0.15, 0.2) is 5.82 Å². The van der Waals surface area contributed by atoms with E-state index in [1.54, 1.807) is 18.3 Å². The number of nitrogens with two attached hydrogens (primary N) is 1. The van der Waals surface area contributed by atoms with Crippen LogP contribution in [0, 0.1) is 0 Å². The maximum absolute atomic E-state index is 11.9. The number of aromatic nitrogens is 4. The number of benzene rings is 1. The largest absolute Gasteiger partial charge is 0.468 e. The van der Waals surface area contributed by atoms with E-state index in [0.29, 0.717) is 53.8 Å². The summed E-state index contributed by atoms with van der Waals surface area (Å²) in [6.45, 7) is 1.09. The molecule has 0 amide bonds. The summed E-state index contributed by atoms with van der Waals surface area (Å²) >= 11 is 6.06. The molecular formula is C19H20ClN7O2. The van der Waals surface area contributed by atoms with E-state index in [1.165, 1.54) is 13.4 Å². The van der Waals surface area contributed by atoms with Crippen LogP contribution in [-0.2, 0) is 9.53 Å². The number of hydrogen-bond donors (Lipinski definition) is 2. The lowest BCUT2D eigenvalue weighted by atomic mass is 9.89. The number of carbonyl (C=O) groups is 1. The van der Waals surface area contributed by atoms with Crippen molar-refractivity contribution in [3.05, 3.63) is 41.8 Å². The molecule has 0 unspecified atom stereocenters. The molecule has 0 spiro atoms. The third-order valence-electron chi connectivity index (χ3n) is 4.98. The lowest BCUT2D eigenvalue weighted by Gasteiger charge is -2.36. The normalized spacial score (nSPS) is 15.9. The predicted molar refractivity (Wildman–Crippen MR) is 110 cm³/mol. The standard InChI is InChI=1S/C19H20ClN7O2/c1-29-17(28)19(21)5-7-27(8-6-19)18-22-10-14-15(26-18)16(24-11-23-14)25-13-4-2-3-12(20)9-13/h2-4,9-11H,5-8,21H2,1H3,(H,23,24,25). The van der Waals surface area contributed by atoms with Crippen molar-refractivity contribution in [1.82, 2.24) is 19.9 Å². The highest BCUT2D eigenvalue weighted by Gasteiger charge is 2.39. The molecule has 29 heavy (non-hydrogen) atoms. The molecule has 9 nitrogen and oxygen atoms in total. The molecule has 0 saturated carbocycles. The second-order valence-corrected chi connectivity index (χ2v) is 7.33. The molecule has 0 radical (unpaired) electrons. The van der Waals surface area contributed by atoms with E-state index in [2.05, 4.69) is 25.3 Å². The van der Waals surface area contributed by atoms with Crippen molar-refractivity contribution in [2.75, 3.05) is 30.4 Å². The molecule has 1 fully saturated rings. The van der Waals surface area contributed by atoms with Crippen LogP contribution in [0.5, 0.6) is 0 Å². The molecule has 0 bridgehead atoms. The summed E-state index contributed by atoms with van der Waals surface area (Å²) in [6, 6.07) is 7.34. The Morgan fingerprint density at radius 3 is 2.79 bits per heavy atom. The Morgan fingerprint density at radius 2 is 2.07 bits per heavy atom. The molecule has 3 heterocycles. The summed E-state index contributed by atoms with van der Waals surface area (Å²) in [6.07, 6.45) is 4.03. The zero-order valence-electron chi connectivity index (χ0n) is 15.8. The molecule has 4 rings (SSSR count). The van der Waals surface area contributed by atoms with Gasteiger partial charge in [0.05, 0.1) is 13.3 Å². The Morgan fingerprint density at radius 1 is 1.28 bits per heavy atom. The number of halogens is 1. The third kappa shape index (κ3) is 3.92. The number of nitrogens with zero attached hydrogens (tertiary/aromatic N) is 5. The van der Waals surface area contributed by atoms with Gasteiger partial charge >= 0.3 is 5.97 Å². The smallest absolute Gasteiger partial charge is 0.325 e. The zero-order chi connectivity index (χ0) is 20.4. The first-order chi connectivity index (χ1) is 14.0. The van der Waals surface area contributed by atoms with E-state index < -0.39 is 11.5 Å². The van der Waals surface area contributed by atoms with E-state index in [-0.39, 0.29) is 0 Å². The van der Waals surface area contributed by atoms with Crippen molar-refractivity contribution in [1.29, 1.82) is 0 Å². The predicted octanol–water partition coefficient (Wildman–Crippen LogP) is 2.29. The average molecular weight is 414 g/mol. The molecule has 150 valence electrons. The van der Waals surface area contributed by atoms with Gasteiger partial charge < -0.3 is 20.7 Å². The van der Waals surface area contributed by atoms with Crippen molar-refractivity contribution in [3.63, 3.8) is 0 Å². The van der Waals surface area contributed by atoms with E-state index >= 15 is 0 Å². The maximum Gasteiger partial charge on any atom is 0.325 e. The Bertz CT molecular complexity index is 1050. The van der Waals surface area contributed by atoms with Crippen LogP contribution in [0.3, 0.4) is 0 Å². The summed E-state index contributed by atoms with van der Waals surface area (Å²) in [7, 11) is 1.35. The second-order valence-electron chi connectivity index (χ2n) is 6.90. The Hall–Kier alpha value is -3.04. The molecule has 3 aromatic rings. The number of rotatable bonds is 4. The number of esters is 1. The molecule has 10 heteroatoms. The number of piperidine rings is 1. The van der Waals surface area contributed by atoms with E-state index in [0.717, 1.165) is 5.69 Å². The number of methoxy groups -OCH3 is 1. The SMILES string of the molecule is COC(=O)C1(N)CCN(c2ncc3ncnc(Nc4cccc(Cl)c4)c3n2)CC1. The molecule has 3 N–H and O–H groups in total. The topological polar surface area (TPSA) is 119 Å². The third-order valence-corrected chi connectivity index (χ3v) is 5.22. The van der Waals surface area contributed by atoms with Gasteiger partial charge in [-0.3, -0.25) is 4.79 Å². The molecule has 2 aromatic heterocycles. The highest BCUT2D eigenvalue weighted by Crippen LogP contribution is 2.27. The van der Waals surface area contributed by atoms with Gasteiger partial charge in [-0.15, -0.1) is 0 Å². The van der Waals surface area contributed by atoms with Crippen LogP contribution < -0.4 is 16.0 Å². The van der Waals surface area contributed by atoms with Crippen LogP contribution in [0.2, 0.25) is 5.02 Å². The van der Waals surface area contributed by atoms with Gasteiger partial charge in [-0.05, 0) is 31.0 Å². The van der Waals surface area contributed by atoms with Crippen LogP contribution in [0.1, 0.15) is 12.8 Å². The number of fused-ring (bicyclic) bond motifs is 1. The number of hydrogen-bond acceptors (Lipinski definition) is 9. The summed E-state index contributed by atoms with van der Waals surface area (Å²) < 4.78 is 4.82. The first-order valence-corrected chi connectivity index (χ1v) is 9.49. The number of carbonyl (C=O) groups excluding carboxylic acids is 1. The van der Waals surface area contributed by atoms with Crippen molar-refractivity contribution in [3.8, 4) is 0 Å². The minimum atomic E-state index is -0.968. The fourth-order valence-electron chi connectivity index (χ4n) is 3.30. The molecule has 1 aliphatic heterocycles. The Balaban J connectivity index is 1.60. The number of nitrogens with one attached hydrogen (secondary N) is 1. The fourth-order valence-corrected chi connectivity index (χ4v) is 3.50. The van der Waals surface area contributed by atoms with E-state index in [9.17, 15) is 4.79 Å². The minimum Gasteiger partial charge on any atom is -0.468 e. The molecule has 1 saturated heterocycles. The summed E-state index contributed by atoms with van der Waals surface area (Å²) in [5.74, 6) is 0.701. The number of anilines is 3. The summed E-state index contributed by atoms with van der Waals surface area (Å²) in [5.41, 5.74) is 7.22. The van der Waals surface area contributed by atoms with Gasteiger partial charge in [0.1, 0.15) is 22.9 Å². The van der Waals surface area contributed by atoms with E-state index in [1.807, 2.05) is 17.0 Å². The monoisotopic (exact) mass is 413 g/mol. The van der Waals surface area contributed by atoms with Crippen molar-refractivity contribution < 1.29 is 9.53 Å². The highest BCUT2D eigenvalue weighted by molar-refractivity contribution is 6.30. The lowest BCUT2D eigenvalue weighted by molar-refractivity contribution is -0.147. The quantitative estimate of drug-likeness (QED) is 0.620. The first-order valence-electron chi connectivity index (χ1n) is 9.11. The first kappa shape index (κ1) is 19.3. The van der Waals surface area contributed by atoms with Crippen LogP contribution in [0.4, 0.5) is 17.5 Å². The summed E-state index contributed by atoms with van der Waals surface area (Å²) in [5, 5.41) is 3.85. The van der Waals surface area contributed by atoms with Gasteiger partial charge in [-0.25, -0.2) is 19.9 Å². The van der Waals surface area contributed by atoms with Gasteiger partial charge in [-0.1, -0.05) is 17.7 Å². The van der Waals surface area contributed by atoms with Crippen LogP contribution in [-0.4, -0.2) is 51.6 Å². The maximum atomic E-state index is 11.9. The zero-order valence-corrected chi connectivity index (χ0v) is 16.6. The average Bonchev–Trinajstić information content (AvgIpc) is 2.74. The van der Waals surface area contributed by atoms with Gasteiger partial charge in [-0.2, -0.15) is 0 Å². The second kappa shape index (κ2) is 7.76. The van der Waals surface area contributed by atoms with Crippen molar-refractivity contribution >= 4 is 46.1 Å². The minimum absolute atomic E-state index is 0.391. The van der Waals surface area contributed by atoms with Gasteiger partial charge in [0, 0.05) is 23.8 Å². The molecule has 0 atom stereocenters. The van der Waals surface area contributed by atoms with Crippen LogP contribution >= 0.6 is 11.6 Å². The molecule has 1 aromatic carbocycles. The molecular weight excluding hydrogens is 394 g/mol. The van der Waals surface area contributed by atoms with Crippen LogP contribution in [0.15, 0.2) is 36.8 Å².